The van der Waals surface area contributed by atoms with Crippen molar-refractivity contribution in [1.29, 1.82) is 0 Å². The average molecular weight is 349 g/mol. The smallest absolute Gasteiger partial charge is 0.158 e. The van der Waals surface area contributed by atoms with Gasteiger partial charge in [-0.2, -0.15) is 0 Å². The van der Waals surface area contributed by atoms with E-state index in [0.29, 0.717) is 0 Å². The zero-order valence-corrected chi connectivity index (χ0v) is 13.5. The lowest BCUT2D eigenvalue weighted by Gasteiger charge is -2.07. The molecule has 0 amide bonds. The highest BCUT2D eigenvalue weighted by atomic mass is 79.9. The number of fused-ring (bicyclic) bond motifs is 1. The van der Waals surface area contributed by atoms with Crippen molar-refractivity contribution in [3.05, 3.63) is 58.3 Å². The molecule has 102 valence electrons. The minimum atomic E-state index is -1.28. The van der Waals surface area contributed by atoms with Crippen LogP contribution < -0.4 is 0 Å². The Labute approximate surface area is 128 Å². The van der Waals surface area contributed by atoms with Gasteiger partial charge >= 0.3 is 0 Å². The van der Waals surface area contributed by atoms with Crippen LogP contribution in [0.2, 0.25) is 0 Å². The molecule has 0 radical (unpaired) electrons. The number of benzene rings is 1. The first kappa shape index (κ1) is 13.5. The van der Waals surface area contributed by atoms with E-state index in [0.717, 1.165) is 31.7 Å². The molecule has 0 saturated carbocycles. The summed E-state index contributed by atoms with van der Waals surface area (Å²) < 4.78 is 15.5. The minimum absolute atomic E-state index is 0.755. The summed E-state index contributed by atoms with van der Waals surface area (Å²) in [4.78, 5) is 5.21. The first-order valence-electron chi connectivity index (χ1n) is 6.20. The molecule has 3 aromatic rings. The zero-order valence-electron chi connectivity index (χ0n) is 11.1. The Morgan fingerprint density at radius 3 is 2.60 bits per heavy atom. The zero-order chi connectivity index (χ0) is 14.3. The second kappa shape index (κ2) is 5.14. The molecule has 0 fully saturated rings. The van der Waals surface area contributed by atoms with Gasteiger partial charge < -0.3 is 0 Å². The van der Waals surface area contributed by atoms with Crippen LogP contribution in [0.3, 0.4) is 0 Å². The van der Waals surface area contributed by atoms with E-state index in [-0.39, 0.29) is 0 Å². The Hall–Kier alpha value is -1.46. The molecule has 20 heavy (non-hydrogen) atoms. The van der Waals surface area contributed by atoms with Gasteiger partial charge in [-0.05, 0) is 53.5 Å². The van der Waals surface area contributed by atoms with E-state index >= 15 is 0 Å². The van der Waals surface area contributed by atoms with Crippen LogP contribution in [0, 0.1) is 13.8 Å². The fourth-order valence-electron chi connectivity index (χ4n) is 2.20. The van der Waals surface area contributed by atoms with Gasteiger partial charge in [0.25, 0.3) is 0 Å². The Morgan fingerprint density at radius 1 is 1.20 bits per heavy atom. The van der Waals surface area contributed by atoms with Gasteiger partial charge in [0.15, 0.2) is 16.6 Å². The monoisotopic (exact) mass is 348 g/mol. The third-order valence-corrected chi connectivity index (χ3v) is 5.55. The Morgan fingerprint density at radius 2 is 1.90 bits per heavy atom. The molecule has 0 spiro atoms. The van der Waals surface area contributed by atoms with Crippen LogP contribution in [0.1, 0.15) is 11.3 Å². The molecular weight excluding hydrogens is 336 g/mol. The number of aromatic nitrogens is 2. The van der Waals surface area contributed by atoms with E-state index in [9.17, 15) is 4.21 Å². The number of rotatable bonds is 2. The maximum Gasteiger partial charge on any atom is 0.158 e. The summed E-state index contributed by atoms with van der Waals surface area (Å²) in [7, 11) is -1.28. The van der Waals surface area contributed by atoms with Crippen molar-refractivity contribution >= 4 is 37.9 Å². The van der Waals surface area contributed by atoms with Crippen LogP contribution in [0.25, 0.3) is 11.0 Å². The molecule has 0 N–H and O–H groups in total. The Kier molecular flexibility index (Phi) is 3.48. The van der Waals surface area contributed by atoms with Gasteiger partial charge in [0, 0.05) is 21.7 Å². The van der Waals surface area contributed by atoms with Crippen molar-refractivity contribution in [3.8, 4) is 0 Å². The third-order valence-electron chi connectivity index (χ3n) is 3.28. The van der Waals surface area contributed by atoms with Gasteiger partial charge in [0.2, 0.25) is 0 Å². The van der Waals surface area contributed by atoms with Gasteiger partial charge in [-0.3, -0.25) is 0 Å². The molecule has 3 rings (SSSR count). The van der Waals surface area contributed by atoms with Crippen LogP contribution in [0.4, 0.5) is 0 Å². The van der Waals surface area contributed by atoms with Crippen LogP contribution in [0.15, 0.2) is 52.0 Å². The van der Waals surface area contributed by atoms with Crippen molar-refractivity contribution in [2.75, 3.05) is 0 Å². The van der Waals surface area contributed by atoms with Crippen LogP contribution >= 0.6 is 15.9 Å². The molecule has 2 aromatic heterocycles. The molecule has 2 heterocycles. The van der Waals surface area contributed by atoms with E-state index in [1.165, 1.54) is 0 Å². The van der Waals surface area contributed by atoms with E-state index < -0.39 is 11.0 Å². The molecular formula is C15H13BrN2OS. The number of pyridine rings is 1. The molecule has 0 aliphatic rings. The summed E-state index contributed by atoms with van der Waals surface area (Å²) in [6.07, 6.45) is 1.76. The highest BCUT2D eigenvalue weighted by Crippen LogP contribution is 2.28. The van der Waals surface area contributed by atoms with Gasteiger partial charge in [-0.15, -0.1) is 0 Å². The fraction of sp³-hybridized carbons (Fsp3) is 0.133. The normalized spacial score (nSPS) is 12.8. The third kappa shape index (κ3) is 2.11. The van der Waals surface area contributed by atoms with Crippen molar-refractivity contribution in [1.82, 2.24) is 8.96 Å². The molecule has 0 aliphatic heterocycles. The average Bonchev–Trinajstić information content (AvgIpc) is 2.80. The predicted octanol–water partition coefficient (Wildman–Crippen LogP) is 3.99. The highest BCUT2D eigenvalue weighted by molar-refractivity contribution is 9.10. The molecule has 1 atom stereocenters. The fourth-order valence-corrected chi connectivity index (χ4v) is 3.73. The SMILES string of the molecule is Cc1c(Br)cnc2c1cc(C)n2S(=O)c1ccccc1. The molecule has 5 heteroatoms. The quantitative estimate of drug-likeness (QED) is 0.701. The number of hydrogen-bond acceptors (Lipinski definition) is 2. The van der Waals surface area contributed by atoms with Crippen molar-refractivity contribution < 1.29 is 4.21 Å². The summed E-state index contributed by atoms with van der Waals surface area (Å²) >= 11 is 3.48. The summed E-state index contributed by atoms with van der Waals surface area (Å²) in [5.41, 5.74) is 2.81. The van der Waals surface area contributed by atoms with E-state index in [1.807, 2.05) is 50.2 Å². The second-order valence-corrected chi connectivity index (χ2v) is 6.80. The minimum Gasteiger partial charge on any atom is -0.243 e. The van der Waals surface area contributed by atoms with E-state index in [4.69, 9.17) is 0 Å². The number of aryl methyl sites for hydroxylation is 2. The lowest BCUT2D eigenvalue weighted by atomic mass is 10.2. The van der Waals surface area contributed by atoms with Crippen molar-refractivity contribution in [2.45, 2.75) is 18.7 Å². The van der Waals surface area contributed by atoms with E-state index in [2.05, 4.69) is 20.9 Å². The highest BCUT2D eigenvalue weighted by Gasteiger charge is 2.16. The van der Waals surface area contributed by atoms with Gasteiger partial charge in [-0.1, -0.05) is 18.2 Å². The van der Waals surface area contributed by atoms with Crippen LogP contribution in [0.5, 0.6) is 0 Å². The lowest BCUT2D eigenvalue weighted by molar-refractivity contribution is 0.677. The molecule has 1 aromatic carbocycles. The van der Waals surface area contributed by atoms with E-state index in [1.54, 1.807) is 10.2 Å². The standard InChI is InChI=1S/C15H13BrN2OS/c1-10-8-13-11(2)14(16)9-17-15(13)18(10)20(19)12-6-4-3-5-7-12/h3-9H,1-2H3. The summed E-state index contributed by atoms with van der Waals surface area (Å²) in [6.45, 7) is 3.99. The lowest BCUT2D eigenvalue weighted by Crippen LogP contribution is -2.07. The van der Waals surface area contributed by atoms with Crippen molar-refractivity contribution in [3.63, 3.8) is 0 Å². The number of nitrogens with zero attached hydrogens (tertiary/aromatic N) is 2. The molecule has 0 aliphatic carbocycles. The topological polar surface area (TPSA) is 34.9 Å². The Balaban J connectivity index is 2.25. The molecule has 0 saturated heterocycles. The Bertz CT molecular complexity index is 812. The van der Waals surface area contributed by atoms with Gasteiger partial charge in [0.05, 0.1) is 4.90 Å². The predicted molar refractivity (Wildman–Crippen MR) is 85.2 cm³/mol. The molecule has 1 unspecified atom stereocenters. The second-order valence-electron chi connectivity index (χ2n) is 4.61. The van der Waals surface area contributed by atoms with Crippen LogP contribution in [-0.4, -0.2) is 13.2 Å². The first-order chi connectivity index (χ1) is 9.59. The summed E-state index contributed by atoms with van der Waals surface area (Å²) in [5, 5.41) is 1.03. The largest absolute Gasteiger partial charge is 0.243 e. The van der Waals surface area contributed by atoms with Crippen LogP contribution in [-0.2, 0) is 11.0 Å². The molecule has 0 bridgehead atoms. The molecule has 3 nitrogen and oxygen atoms in total. The van der Waals surface area contributed by atoms with Gasteiger partial charge in [0.1, 0.15) is 0 Å². The summed E-state index contributed by atoms with van der Waals surface area (Å²) in [5.74, 6) is 0. The maximum absolute atomic E-state index is 12.8. The summed E-state index contributed by atoms with van der Waals surface area (Å²) in [6, 6.07) is 11.5. The maximum atomic E-state index is 12.8. The van der Waals surface area contributed by atoms with Gasteiger partial charge in [-0.25, -0.2) is 13.2 Å². The first-order valence-corrected chi connectivity index (χ1v) is 8.10. The number of hydrogen-bond donors (Lipinski definition) is 0. The van der Waals surface area contributed by atoms with Crippen molar-refractivity contribution in [2.24, 2.45) is 0 Å². The number of halogens is 1.